The van der Waals surface area contributed by atoms with Crippen molar-refractivity contribution < 1.29 is 22.3 Å². The van der Waals surface area contributed by atoms with E-state index in [4.69, 9.17) is 5.26 Å². The molecule has 0 aliphatic rings. The Bertz CT molecular complexity index is 1200. The normalized spacial score (nSPS) is 11.8. The van der Waals surface area contributed by atoms with Crippen LogP contribution in [-0.2, 0) is 17.6 Å². The maximum Gasteiger partial charge on any atom is 0.288 e. The highest BCUT2D eigenvalue weighted by Gasteiger charge is 2.22. The molecule has 0 radical (unpaired) electrons. The Morgan fingerprint density at radius 3 is 2.64 bits per heavy atom. The molecule has 1 atom stereocenters. The first-order valence-corrected chi connectivity index (χ1v) is 12.3. The third-order valence-electron chi connectivity index (χ3n) is 4.41. The van der Waals surface area contributed by atoms with Crippen molar-refractivity contribution >= 4 is 50.9 Å². The zero-order chi connectivity index (χ0) is 24.0. The second kappa shape index (κ2) is 11.3. The second-order valence-electron chi connectivity index (χ2n) is 6.59. The summed E-state index contributed by atoms with van der Waals surface area (Å²) >= 11 is -0.790. The number of thiazole rings is 1. The molecule has 0 fully saturated rings. The Morgan fingerprint density at radius 2 is 2.00 bits per heavy atom. The zero-order valence-electron chi connectivity index (χ0n) is 17.2. The van der Waals surface area contributed by atoms with Gasteiger partial charge < -0.3 is 14.8 Å². The third kappa shape index (κ3) is 6.58. The number of thioether (sulfide) groups is 1. The van der Waals surface area contributed by atoms with Gasteiger partial charge in [-0.1, -0.05) is 30.0 Å². The number of carbonyl (C=O) groups excluding carboxylic acids is 1. The summed E-state index contributed by atoms with van der Waals surface area (Å²) in [5.74, 6) is -3.76. The van der Waals surface area contributed by atoms with Gasteiger partial charge in [-0.2, -0.15) is 14.0 Å². The quantitative estimate of drug-likeness (QED) is 0.334. The Balaban J connectivity index is 2.00. The standard InChI is InChI=1S/C21H18F2N4O3S3/c1-13-18(19(28)25-12-33(29)30)26-21(31-13)27(16-8-6-14(10-24)7-9-16)11-15-4-2-3-5-17(15)32-20(22)23/h2-9,20H,11-12H2,1H3,(H,25,28)(H,29,30)/p-1. The fourth-order valence-electron chi connectivity index (χ4n) is 2.92. The van der Waals surface area contributed by atoms with Gasteiger partial charge in [-0.05, 0) is 53.9 Å². The van der Waals surface area contributed by atoms with Gasteiger partial charge in [-0.15, -0.1) is 11.3 Å². The van der Waals surface area contributed by atoms with Gasteiger partial charge in [0.05, 0.1) is 24.1 Å². The Morgan fingerprint density at radius 1 is 1.30 bits per heavy atom. The molecule has 7 nitrogen and oxygen atoms in total. The molecule has 172 valence electrons. The molecule has 0 aliphatic carbocycles. The lowest BCUT2D eigenvalue weighted by molar-refractivity contribution is 0.0955. The number of halogens is 2. The van der Waals surface area contributed by atoms with Crippen LogP contribution >= 0.6 is 23.1 Å². The molecular formula is C21H17F2N4O3S3-. The Hall–Kier alpha value is -2.85. The number of aryl methyl sites for hydroxylation is 1. The largest absolute Gasteiger partial charge is 0.771 e. The molecule has 0 bridgehead atoms. The van der Waals surface area contributed by atoms with Crippen molar-refractivity contribution in [3.63, 3.8) is 0 Å². The predicted octanol–water partition coefficient (Wildman–Crippen LogP) is 4.54. The van der Waals surface area contributed by atoms with Crippen LogP contribution in [0.3, 0.4) is 0 Å². The molecule has 1 heterocycles. The molecule has 1 unspecified atom stereocenters. The van der Waals surface area contributed by atoms with Gasteiger partial charge in [0.2, 0.25) is 0 Å². The van der Waals surface area contributed by atoms with Gasteiger partial charge in [0.25, 0.3) is 11.7 Å². The summed E-state index contributed by atoms with van der Waals surface area (Å²) in [5.41, 5.74) is 1.81. The number of nitrogens with one attached hydrogen (secondary N) is 1. The summed E-state index contributed by atoms with van der Waals surface area (Å²) in [6.07, 6.45) is 0. The SMILES string of the molecule is Cc1sc(N(Cc2ccccc2SC(F)F)c2ccc(C#N)cc2)nc1C(=O)NCS(=O)[O-]. The van der Waals surface area contributed by atoms with E-state index in [1.165, 1.54) is 11.3 Å². The maximum atomic E-state index is 13.1. The molecule has 3 aromatic rings. The number of rotatable bonds is 9. The summed E-state index contributed by atoms with van der Waals surface area (Å²) in [4.78, 5) is 19.5. The Labute approximate surface area is 199 Å². The summed E-state index contributed by atoms with van der Waals surface area (Å²) < 4.78 is 47.6. The number of aromatic nitrogens is 1. The van der Waals surface area contributed by atoms with Gasteiger partial charge in [0.15, 0.2) is 5.13 Å². The van der Waals surface area contributed by atoms with E-state index in [1.807, 2.05) is 6.07 Å². The van der Waals surface area contributed by atoms with Crippen LogP contribution in [0.4, 0.5) is 19.6 Å². The minimum Gasteiger partial charge on any atom is -0.771 e. The van der Waals surface area contributed by atoms with E-state index in [0.29, 0.717) is 43.5 Å². The van der Waals surface area contributed by atoms with Crippen LogP contribution in [0.2, 0.25) is 0 Å². The van der Waals surface area contributed by atoms with Crippen LogP contribution < -0.4 is 10.2 Å². The van der Waals surface area contributed by atoms with Gasteiger partial charge in [-0.25, -0.2) is 4.98 Å². The average molecular weight is 508 g/mol. The number of hydrogen-bond acceptors (Lipinski definition) is 8. The highest BCUT2D eigenvalue weighted by Crippen LogP contribution is 2.36. The molecule has 3 rings (SSSR count). The molecule has 0 saturated carbocycles. The summed E-state index contributed by atoms with van der Waals surface area (Å²) in [5, 5.41) is 11.8. The predicted molar refractivity (Wildman–Crippen MR) is 123 cm³/mol. The van der Waals surface area contributed by atoms with Crippen molar-refractivity contribution in [2.75, 3.05) is 10.8 Å². The van der Waals surface area contributed by atoms with Crippen molar-refractivity contribution in [3.05, 3.63) is 70.2 Å². The van der Waals surface area contributed by atoms with E-state index in [1.54, 1.807) is 60.4 Å². The van der Waals surface area contributed by atoms with Gasteiger partial charge >= 0.3 is 0 Å². The van der Waals surface area contributed by atoms with Gasteiger partial charge in [-0.3, -0.25) is 9.00 Å². The number of carbonyl (C=O) groups is 1. The molecular weight excluding hydrogens is 490 g/mol. The average Bonchev–Trinajstić information content (AvgIpc) is 3.18. The van der Waals surface area contributed by atoms with E-state index in [0.717, 1.165) is 0 Å². The lowest BCUT2D eigenvalue weighted by Gasteiger charge is -2.23. The molecule has 1 N–H and O–H groups in total. The van der Waals surface area contributed by atoms with Crippen LogP contribution in [0.25, 0.3) is 0 Å². The first kappa shape index (κ1) is 24.8. The van der Waals surface area contributed by atoms with Crippen molar-refractivity contribution in [1.82, 2.24) is 10.3 Å². The van der Waals surface area contributed by atoms with Crippen molar-refractivity contribution in [2.24, 2.45) is 0 Å². The minimum atomic E-state index is -2.58. The Kier molecular flexibility index (Phi) is 8.51. The van der Waals surface area contributed by atoms with Crippen molar-refractivity contribution in [1.29, 1.82) is 5.26 Å². The molecule has 0 aliphatic heterocycles. The van der Waals surface area contributed by atoms with Crippen LogP contribution in [0.5, 0.6) is 0 Å². The number of anilines is 2. The van der Waals surface area contributed by atoms with E-state index in [2.05, 4.69) is 10.3 Å². The molecule has 0 saturated heterocycles. The number of nitriles is 1. The summed E-state index contributed by atoms with van der Waals surface area (Å²) in [7, 11) is 0. The highest BCUT2D eigenvalue weighted by molar-refractivity contribution is 7.99. The topological polar surface area (TPSA) is 109 Å². The fourth-order valence-corrected chi connectivity index (χ4v) is 4.73. The third-order valence-corrected chi connectivity index (χ3v) is 6.61. The number of amides is 1. The highest BCUT2D eigenvalue weighted by atomic mass is 32.2. The second-order valence-corrected chi connectivity index (χ2v) is 9.70. The van der Waals surface area contributed by atoms with Gasteiger partial charge in [0.1, 0.15) is 5.69 Å². The molecule has 1 amide bonds. The maximum absolute atomic E-state index is 13.1. The molecule has 0 spiro atoms. The van der Waals surface area contributed by atoms with E-state index in [9.17, 15) is 22.3 Å². The van der Waals surface area contributed by atoms with Crippen LogP contribution in [-0.4, -0.2) is 31.3 Å². The number of hydrogen-bond donors (Lipinski definition) is 1. The molecule has 1 aromatic heterocycles. The van der Waals surface area contributed by atoms with Crippen molar-refractivity contribution in [3.8, 4) is 6.07 Å². The van der Waals surface area contributed by atoms with Crippen LogP contribution in [0.1, 0.15) is 26.5 Å². The number of benzene rings is 2. The van der Waals surface area contributed by atoms with E-state index < -0.39 is 28.6 Å². The van der Waals surface area contributed by atoms with Gasteiger partial charge in [0, 0.05) is 15.5 Å². The van der Waals surface area contributed by atoms with E-state index in [-0.39, 0.29) is 12.2 Å². The lowest BCUT2D eigenvalue weighted by Crippen LogP contribution is -2.27. The minimum absolute atomic E-state index is 0.0781. The molecule has 2 aromatic carbocycles. The molecule has 12 heteroatoms. The van der Waals surface area contributed by atoms with Crippen LogP contribution in [0.15, 0.2) is 53.4 Å². The summed E-state index contributed by atoms with van der Waals surface area (Å²) in [6, 6.07) is 15.5. The summed E-state index contributed by atoms with van der Waals surface area (Å²) in [6.45, 7) is 1.86. The van der Waals surface area contributed by atoms with Crippen LogP contribution in [0, 0.1) is 18.3 Å². The number of nitrogens with zero attached hydrogens (tertiary/aromatic N) is 3. The molecule has 33 heavy (non-hydrogen) atoms. The first-order chi connectivity index (χ1) is 15.8. The first-order valence-electron chi connectivity index (χ1n) is 9.40. The number of alkyl halides is 2. The zero-order valence-corrected chi connectivity index (χ0v) is 19.6. The van der Waals surface area contributed by atoms with Crippen molar-refractivity contribution in [2.45, 2.75) is 24.1 Å². The smallest absolute Gasteiger partial charge is 0.288 e. The van der Waals surface area contributed by atoms with E-state index >= 15 is 0 Å². The fraction of sp³-hybridized carbons (Fsp3) is 0.190. The lowest BCUT2D eigenvalue weighted by atomic mass is 10.1. The monoisotopic (exact) mass is 507 g/mol.